The molecule has 3 aromatic carbocycles. The molecular formula is C24H22ClN3O2. The van der Waals surface area contributed by atoms with Gasteiger partial charge in [0.15, 0.2) is 0 Å². The van der Waals surface area contributed by atoms with E-state index < -0.39 is 0 Å². The molecule has 0 aliphatic rings. The largest absolute Gasteiger partial charge is 0.497 e. The first-order valence-electron chi connectivity index (χ1n) is 9.67. The topological polar surface area (TPSA) is 56.1 Å². The van der Waals surface area contributed by atoms with Gasteiger partial charge in [-0.1, -0.05) is 35.9 Å². The average molecular weight is 420 g/mol. The first-order chi connectivity index (χ1) is 14.5. The molecule has 0 saturated carbocycles. The Labute approximate surface area is 180 Å². The van der Waals surface area contributed by atoms with Gasteiger partial charge in [0.25, 0.3) is 5.91 Å². The Balaban J connectivity index is 1.48. The summed E-state index contributed by atoms with van der Waals surface area (Å²) in [6.45, 7) is 2.65. The zero-order valence-electron chi connectivity index (χ0n) is 16.8. The Morgan fingerprint density at radius 1 is 1.10 bits per heavy atom. The van der Waals surface area contributed by atoms with Crippen LogP contribution in [0.4, 0.5) is 0 Å². The summed E-state index contributed by atoms with van der Waals surface area (Å²) in [7, 11) is 1.63. The van der Waals surface area contributed by atoms with Crippen LogP contribution in [0.3, 0.4) is 0 Å². The second kappa shape index (κ2) is 8.59. The smallest absolute Gasteiger partial charge is 0.251 e. The van der Waals surface area contributed by atoms with E-state index in [1.807, 2.05) is 73.7 Å². The number of carbonyl (C=O) groups excluding carboxylic acids is 1. The number of hydrogen-bond acceptors (Lipinski definition) is 3. The van der Waals surface area contributed by atoms with Gasteiger partial charge in [-0.2, -0.15) is 0 Å². The fourth-order valence-corrected chi connectivity index (χ4v) is 3.50. The highest BCUT2D eigenvalue weighted by Crippen LogP contribution is 2.20. The van der Waals surface area contributed by atoms with E-state index in [0.717, 1.165) is 27.9 Å². The average Bonchev–Trinajstić information content (AvgIpc) is 3.17. The van der Waals surface area contributed by atoms with Gasteiger partial charge in [0.05, 0.1) is 30.5 Å². The molecule has 4 aromatic rings. The first-order valence-corrected chi connectivity index (χ1v) is 10.1. The second-order valence-electron chi connectivity index (χ2n) is 7.17. The van der Waals surface area contributed by atoms with Gasteiger partial charge < -0.3 is 14.6 Å². The van der Waals surface area contributed by atoms with Crippen LogP contribution in [0.1, 0.15) is 34.5 Å². The van der Waals surface area contributed by atoms with Gasteiger partial charge in [-0.05, 0) is 60.5 Å². The normalized spacial score (nSPS) is 12.0. The highest BCUT2D eigenvalue weighted by Gasteiger charge is 2.13. The van der Waals surface area contributed by atoms with Crippen molar-refractivity contribution in [1.29, 1.82) is 0 Å². The lowest BCUT2D eigenvalue weighted by Gasteiger charge is -2.15. The molecule has 0 saturated heterocycles. The summed E-state index contributed by atoms with van der Waals surface area (Å²) in [5.74, 6) is 0.657. The van der Waals surface area contributed by atoms with Crippen LogP contribution in [0.15, 0.2) is 73.1 Å². The predicted octanol–water partition coefficient (Wildman–Crippen LogP) is 5.24. The SMILES string of the molecule is COc1ccc(C(C)NC(=O)c2ccc3c(c2)ncn3Cc2ccc(Cl)cc2)cc1. The lowest BCUT2D eigenvalue weighted by molar-refractivity contribution is 0.0940. The number of methoxy groups -OCH3 is 1. The van der Waals surface area contributed by atoms with Gasteiger partial charge in [0.2, 0.25) is 0 Å². The first kappa shape index (κ1) is 20.0. The number of benzene rings is 3. The molecule has 152 valence electrons. The van der Waals surface area contributed by atoms with Gasteiger partial charge in [-0.3, -0.25) is 4.79 Å². The van der Waals surface area contributed by atoms with E-state index in [4.69, 9.17) is 16.3 Å². The summed E-state index contributed by atoms with van der Waals surface area (Å²) in [5.41, 5.74) is 4.49. The number of carbonyl (C=O) groups is 1. The van der Waals surface area contributed by atoms with Crippen molar-refractivity contribution in [1.82, 2.24) is 14.9 Å². The van der Waals surface area contributed by atoms with Crippen molar-refractivity contribution in [2.45, 2.75) is 19.5 Å². The zero-order valence-corrected chi connectivity index (χ0v) is 17.6. The number of nitrogens with zero attached hydrogens (tertiary/aromatic N) is 2. The third-order valence-electron chi connectivity index (χ3n) is 5.11. The maximum Gasteiger partial charge on any atom is 0.251 e. The molecule has 4 rings (SSSR count). The molecule has 0 radical (unpaired) electrons. The lowest BCUT2D eigenvalue weighted by Crippen LogP contribution is -2.26. The number of hydrogen-bond donors (Lipinski definition) is 1. The molecule has 0 aliphatic carbocycles. The van der Waals surface area contributed by atoms with Crippen LogP contribution in [0.25, 0.3) is 11.0 Å². The maximum atomic E-state index is 12.7. The van der Waals surface area contributed by atoms with Gasteiger partial charge >= 0.3 is 0 Å². The standard InChI is InChI=1S/C24H22ClN3O2/c1-16(18-5-10-21(30-2)11-6-18)27-24(29)19-7-12-23-22(13-19)26-15-28(23)14-17-3-8-20(25)9-4-17/h3-13,15-16H,14H2,1-2H3,(H,27,29). The third-order valence-corrected chi connectivity index (χ3v) is 5.36. The van der Waals surface area contributed by atoms with E-state index in [2.05, 4.69) is 14.9 Å². The molecule has 0 aliphatic heterocycles. The Hall–Kier alpha value is -3.31. The van der Waals surface area contributed by atoms with Gasteiger partial charge in [-0.25, -0.2) is 4.98 Å². The molecule has 1 heterocycles. The monoisotopic (exact) mass is 419 g/mol. The van der Waals surface area contributed by atoms with Crippen molar-refractivity contribution in [3.63, 3.8) is 0 Å². The van der Waals surface area contributed by atoms with Crippen LogP contribution in [-0.2, 0) is 6.54 Å². The Morgan fingerprint density at radius 3 is 2.53 bits per heavy atom. The summed E-state index contributed by atoms with van der Waals surface area (Å²) >= 11 is 5.96. The van der Waals surface area contributed by atoms with Gasteiger partial charge in [0.1, 0.15) is 5.75 Å². The van der Waals surface area contributed by atoms with Crippen LogP contribution in [0.2, 0.25) is 5.02 Å². The predicted molar refractivity (Wildman–Crippen MR) is 119 cm³/mol. The summed E-state index contributed by atoms with van der Waals surface area (Å²) in [4.78, 5) is 17.2. The van der Waals surface area contributed by atoms with Crippen LogP contribution >= 0.6 is 11.6 Å². The molecule has 1 aromatic heterocycles. The van der Waals surface area contributed by atoms with Crippen LogP contribution in [0.5, 0.6) is 5.75 Å². The number of aromatic nitrogens is 2. The second-order valence-corrected chi connectivity index (χ2v) is 7.61. The van der Waals surface area contributed by atoms with Crippen molar-refractivity contribution < 1.29 is 9.53 Å². The van der Waals surface area contributed by atoms with Crippen LogP contribution in [-0.4, -0.2) is 22.6 Å². The minimum Gasteiger partial charge on any atom is -0.497 e. The molecule has 30 heavy (non-hydrogen) atoms. The van der Waals surface area contributed by atoms with Crippen molar-refractivity contribution in [2.75, 3.05) is 7.11 Å². The third kappa shape index (κ3) is 4.31. The number of imidazole rings is 1. The van der Waals surface area contributed by atoms with Crippen molar-refractivity contribution in [2.24, 2.45) is 0 Å². The molecular weight excluding hydrogens is 398 g/mol. The summed E-state index contributed by atoms with van der Waals surface area (Å²) in [6, 6.07) is 20.9. The van der Waals surface area contributed by atoms with E-state index in [1.165, 1.54) is 0 Å². The molecule has 6 heteroatoms. The molecule has 0 fully saturated rings. The zero-order chi connectivity index (χ0) is 21.1. The van der Waals surface area contributed by atoms with Crippen molar-refractivity contribution >= 4 is 28.5 Å². The van der Waals surface area contributed by atoms with Crippen LogP contribution in [0, 0.1) is 0 Å². The number of ether oxygens (including phenoxy) is 1. The molecule has 5 nitrogen and oxygen atoms in total. The summed E-state index contributed by atoms with van der Waals surface area (Å²) in [5, 5.41) is 3.76. The number of rotatable bonds is 6. The highest BCUT2D eigenvalue weighted by atomic mass is 35.5. The van der Waals surface area contributed by atoms with Gasteiger partial charge in [0, 0.05) is 17.1 Å². The Morgan fingerprint density at radius 2 is 1.83 bits per heavy atom. The van der Waals surface area contributed by atoms with E-state index in [9.17, 15) is 4.79 Å². The highest BCUT2D eigenvalue weighted by molar-refractivity contribution is 6.30. The fourth-order valence-electron chi connectivity index (χ4n) is 3.37. The number of amides is 1. The van der Waals surface area contributed by atoms with Gasteiger partial charge in [-0.15, -0.1) is 0 Å². The molecule has 1 N–H and O–H groups in total. The quantitative estimate of drug-likeness (QED) is 0.465. The number of fused-ring (bicyclic) bond motifs is 1. The van der Waals surface area contributed by atoms with E-state index in [-0.39, 0.29) is 11.9 Å². The van der Waals surface area contributed by atoms with Crippen molar-refractivity contribution in [3.05, 3.63) is 94.8 Å². The number of halogens is 1. The Bertz CT molecular complexity index is 1170. The Kier molecular flexibility index (Phi) is 5.72. The number of nitrogens with one attached hydrogen (secondary N) is 1. The summed E-state index contributed by atoms with van der Waals surface area (Å²) in [6.07, 6.45) is 1.79. The maximum absolute atomic E-state index is 12.7. The van der Waals surface area contributed by atoms with Crippen LogP contribution < -0.4 is 10.1 Å². The van der Waals surface area contributed by atoms with E-state index >= 15 is 0 Å². The summed E-state index contributed by atoms with van der Waals surface area (Å²) < 4.78 is 7.24. The molecule has 0 spiro atoms. The van der Waals surface area contributed by atoms with Crippen molar-refractivity contribution in [3.8, 4) is 5.75 Å². The fraction of sp³-hybridized carbons (Fsp3) is 0.167. The molecule has 1 unspecified atom stereocenters. The minimum absolute atomic E-state index is 0.124. The molecule has 0 bridgehead atoms. The molecule has 1 atom stereocenters. The van der Waals surface area contributed by atoms with E-state index in [1.54, 1.807) is 13.4 Å². The van der Waals surface area contributed by atoms with E-state index in [0.29, 0.717) is 17.1 Å². The minimum atomic E-state index is -0.132. The lowest BCUT2D eigenvalue weighted by atomic mass is 10.1. The molecule has 1 amide bonds.